The van der Waals surface area contributed by atoms with E-state index in [2.05, 4.69) is 39.4 Å². The number of nitrogens with one attached hydrogen (secondary N) is 1. The van der Waals surface area contributed by atoms with Crippen LogP contribution in [0, 0.1) is 5.82 Å². The molecule has 3 aromatic heterocycles. The van der Waals surface area contributed by atoms with Crippen molar-refractivity contribution in [3.05, 3.63) is 59.2 Å². The highest BCUT2D eigenvalue weighted by atomic mass is 32.1. The van der Waals surface area contributed by atoms with Crippen molar-refractivity contribution in [2.24, 2.45) is 0 Å². The zero-order valence-corrected chi connectivity index (χ0v) is 15.9. The largest absolute Gasteiger partial charge is 0.299 e. The predicted molar refractivity (Wildman–Crippen MR) is 109 cm³/mol. The average Bonchev–Trinajstić information content (AvgIpc) is 3.35. The van der Waals surface area contributed by atoms with Crippen molar-refractivity contribution < 1.29 is 4.39 Å². The number of thiazole rings is 2. The van der Waals surface area contributed by atoms with Gasteiger partial charge in [-0.25, -0.2) is 13.9 Å². The van der Waals surface area contributed by atoms with Gasteiger partial charge >= 0.3 is 0 Å². The van der Waals surface area contributed by atoms with Crippen LogP contribution in [0.1, 0.15) is 12.5 Å². The Morgan fingerprint density at radius 3 is 2.78 bits per heavy atom. The second-order valence-electron chi connectivity index (χ2n) is 6.06. The van der Waals surface area contributed by atoms with E-state index >= 15 is 0 Å². The Morgan fingerprint density at radius 2 is 1.96 bits per heavy atom. The van der Waals surface area contributed by atoms with Gasteiger partial charge < -0.3 is 0 Å². The molecule has 0 aliphatic rings. The lowest BCUT2D eigenvalue weighted by molar-refractivity contribution is 0.628. The summed E-state index contributed by atoms with van der Waals surface area (Å²) in [7, 11) is 0. The highest BCUT2D eigenvalue weighted by Crippen LogP contribution is 2.30. The van der Waals surface area contributed by atoms with Gasteiger partial charge in [-0.2, -0.15) is 4.98 Å². The van der Waals surface area contributed by atoms with Crippen LogP contribution in [0.4, 0.5) is 15.5 Å². The van der Waals surface area contributed by atoms with Gasteiger partial charge in [-0.1, -0.05) is 24.3 Å². The Balaban J connectivity index is 1.48. The minimum atomic E-state index is -0.256. The summed E-state index contributed by atoms with van der Waals surface area (Å²) in [4.78, 5) is 9.91. The van der Waals surface area contributed by atoms with Gasteiger partial charge in [0.15, 0.2) is 5.13 Å². The Morgan fingerprint density at radius 1 is 1.11 bits per heavy atom. The van der Waals surface area contributed by atoms with Crippen LogP contribution >= 0.6 is 22.7 Å². The molecule has 1 N–H and O–H groups in total. The van der Waals surface area contributed by atoms with Gasteiger partial charge in [0.05, 0.1) is 15.9 Å². The molecule has 27 heavy (non-hydrogen) atoms. The van der Waals surface area contributed by atoms with Crippen molar-refractivity contribution in [1.82, 2.24) is 19.6 Å². The monoisotopic (exact) mass is 395 g/mol. The van der Waals surface area contributed by atoms with Crippen LogP contribution in [0.5, 0.6) is 0 Å². The molecule has 0 bridgehead atoms. The van der Waals surface area contributed by atoms with E-state index in [1.54, 1.807) is 28.0 Å². The van der Waals surface area contributed by atoms with Crippen molar-refractivity contribution in [1.29, 1.82) is 0 Å². The van der Waals surface area contributed by atoms with Crippen molar-refractivity contribution in [3.63, 3.8) is 0 Å². The summed E-state index contributed by atoms with van der Waals surface area (Å²) >= 11 is 3.08. The van der Waals surface area contributed by atoms with Gasteiger partial charge in [0.1, 0.15) is 5.82 Å². The molecule has 0 aliphatic carbocycles. The predicted octanol–water partition coefficient (Wildman–Crippen LogP) is 5.51. The van der Waals surface area contributed by atoms with E-state index in [4.69, 9.17) is 0 Å². The number of anilines is 2. The number of aromatic nitrogens is 4. The van der Waals surface area contributed by atoms with E-state index in [1.807, 2.05) is 11.4 Å². The second kappa shape index (κ2) is 6.40. The Labute approximate surface area is 162 Å². The SMILES string of the molecule is CCc1ccc2nc(Nc3nc4scc(-c5ccc(F)cc5)n4n3)sc2c1. The summed E-state index contributed by atoms with van der Waals surface area (Å²) in [6.07, 6.45) is 1.00. The molecular formula is C19H14FN5S2. The third-order valence-corrected chi connectivity index (χ3v) is 6.05. The highest BCUT2D eigenvalue weighted by molar-refractivity contribution is 7.22. The fraction of sp³-hybridized carbons (Fsp3) is 0.105. The first kappa shape index (κ1) is 16.3. The van der Waals surface area contributed by atoms with E-state index in [9.17, 15) is 4.39 Å². The molecular weight excluding hydrogens is 381 g/mol. The first-order valence-electron chi connectivity index (χ1n) is 8.46. The maximum Gasteiger partial charge on any atom is 0.250 e. The molecule has 134 valence electrons. The number of benzene rings is 2. The molecule has 5 nitrogen and oxygen atoms in total. The van der Waals surface area contributed by atoms with E-state index in [-0.39, 0.29) is 5.82 Å². The quantitative estimate of drug-likeness (QED) is 0.436. The zero-order valence-electron chi connectivity index (χ0n) is 14.3. The third-order valence-electron chi connectivity index (χ3n) is 4.30. The summed E-state index contributed by atoms with van der Waals surface area (Å²) in [6.45, 7) is 2.14. The van der Waals surface area contributed by atoms with Crippen molar-refractivity contribution in [2.45, 2.75) is 13.3 Å². The van der Waals surface area contributed by atoms with E-state index in [0.29, 0.717) is 5.95 Å². The van der Waals surface area contributed by atoms with Crippen LogP contribution in [-0.4, -0.2) is 19.6 Å². The number of aryl methyl sites for hydroxylation is 1. The van der Waals surface area contributed by atoms with E-state index in [0.717, 1.165) is 38.0 Å². The molecule has 0 radical (unpaired) electrons. The minimum Gasteiger partial charge on any atom is -0.299 e. The first-order chi connectivity index (χ1) is 13.2. The van der Waals surface area contributed by atoms with Crippen molar-refractivity contribution in [3.8, 4) is 11.3 Å². The molecule has 3 heterocycles. The maximum absolute atomic E-state index is 13.2. The highest BCUT2D eigenvalue weighted by Gasteiger charge is 2.13. The van der Waals surface area contributed by atoms with Crippen molar-refractivity contribution >= 4 is 48.9 Å². The number of rotatable bonds is 4. The fourth-order valence-electron chi connectivity index (χ4n) is 2.89. The van der Waals surface area contributed by atoms with Gasteiger partial charge in [0, 0.05) is 10.9 Å². The summed E-state index contributed by atoms with van der Waals surface area (Å²) in [6, 6.07) is 12.7. The summed E-state index contributed by atoms with van der Waals surface area (Å²) in [5.41, 5.74) is 4.04. The molecule has 5 rings (SSSR count). The molecule has 0 fully saturated rings. The molecule has 0 saturated carbocycles. The van der Waals surface area contributed by atoms with E-state index in [1.165, 1.54) is 29.0 Å². The van der Waals surface area contributed by atoms with Gasteiger partial charge in [-0.15, -0.1) is 16.4 Å². The number of halogens is 1. The van der Waals surface area contributed by atoms with Crippen LogP contribution in [0.15, 0.2) is 47.8 Å². The van der Waals surface area contributed by atoms with Gasteiger partial charge in [0.25, 0.3) is 0 Å². The Bertz CT molecular complexity index is 1250. The first-order valence-corrected chi connectivity index (χ1v) is 10.2. The third kappa shape index (κ3) is 2.96. The smallest absolute Gasteiger partial charge is 0.250 e. The molecule has 0 spiro atoms. The lowest BCUT2D eigenvalue weighted by atomic mass is 10.2. The molecule has 0 amide bonds. The van der Waals surface area contributed by atoms with Crippen molar-refractivity contribution in [2.75, 3.05) is 5.32 Å². The second-order valence-corrected chi connectivity index (χ2v) is 7.92. The Kier molecular flexibility index (Phi) is 3.87. The molecule has 5 aromatic rings. The van der Waals surface area contributed by atoms with Gasteiger partial charge in [-0.05, 0) is 48.4 Å². The number of hydrogen-bond acceptors (Lipinski definition) is 6. The average molecular weight is 395 g/mol. The van der Waals surface area contributed by atoms with Crippen LogP contribution < -0.4 is 5.32 Å². The summed E-state index contributed by atoms with van der Waals surface area (Å²) in [5, 5.41) is 10.5. The lowest BCUT2D eigenvalue weighted by Crippen LogP contribution is -1.93. The summed E-state index contributed by atoms with van der Waals surface area (Å²) in [5.74, 6) is 0.244. The zero-order chi connectivity index (χ0) is 18.4. The maximum atomic E-state index is 13.2. The van der Waals surface area contributed by atoms with Gasteiger partial charge in [-0.3, -0.25) is 5.32 Å². The summed E-state index contributed by atoms with van der Waals surface area (Å²) < 4.78 is 16.1. The molecule has 8 heteroatoms. The molecule has 2 aromatic carbocycles. The minimum absolute atomic E-state index is 0.256. The lowest BCUT2D eigenvalue weighted by Gasteiger charge is -1.98. The number of hydrogen-bond donors (Lipinski definition) is 1. The molecule has 0 saturated heterocycles. The van der Waals surface area contributed by atoms with Crippen LogP contribution in [0.25, 0.3) is 26.4 Å². The van der Waals surface area contributed by atoms with Crippen LogP contribution in [-0.2, 0) is 6.42 Å². The molecule has 0 unspecified atom stereocenters. The van der Waals surface area contributed by atoms with Crippen LogP contribution in [0.2, 0.25) is 0 Å². The van der Waals surface area contributed by atoms with E-state index < -0.39 is 0 Å². The van der Waals surface area contributed by atoms with Crippen LogP contribution in [0.3, 0.4) is 0 Å². The topological polar surface area (TPSA) is 55.1 Å². The number of nitrogens with zero attached hydrogens (tertiary/aromatic N) is 4. The fourth-order valence-corrected chi connectivity index (χ4v) is 4.65. The normalized spacial score (nSPS) is 11.5. The molecule has 0 atom stereocenters. The van der Waals surface area contributed by atoms with Gasteiger partial charge in [0.2, 0.25) is 10.9 Å². The Hall–Kier alpha value is -2.84. The standard InChI is InChI=1S/C19H14FN5S2/c1-2-11-3-8-14-16(9-11)27-18(21-14)22-17-23-19-25(24-17)15(10-26-19)12-4-6-13(20)7-5-12/h3-10H,2H2,1H3,(H,21,22,24). The number of fused-ring (bicyclic) bond motifs is 2. The molecule has 0 aliphatic heterocycles.